The lowest BCUT2D eigenvalue weighted by atomic mass is 10.0. The van der Waals surface area contributed by atoms with Gasteiger partial charge in [0, 0.05) is 19.2 Å². The van der Waals surface area contributed by atoms with Crippen LogP contribution in [0.1, 0.15) is 19.8 Å². The van der Waals surface area contributed by atoms with E-state index >= 15 is 0 Å². The molecule has 1 N–H and O–H groups in total. The molecule has 0 amide bonds. The van der Waals surface area contributed by atoms with Gasteiger partial charge in [0.25, 0.3) is 0 Å². The van der Waals surface area contributed by atoms with Crippen molar-refractivity contribution in [2.75, 3.05) is 33.4 Å². The smallest absolute Gasteiger partial charge is 0.383 e. The largest absolute Gasteiger partial charge is 0.401 e. The zero-order valence-electron chi connectivity index (χ0n) is 10.4. The van der Waals surface area contributed by atoms with Gasteiger partial charge in [-0.2, -0.15) is 13.2 Å². The summed E-state index contributed by atoms with van der Waals surface area (Å²) >= 11 is 0. The zero-order chi connectivity index (χ0) is 12.9. The molecule has 0 aromatic rings. The molecule has 3 nitrogen and oxygen atoms in total. The fourth-order valence-corrected chi connectivity index (χ4v) is 2.21. The van der Waals surface area contributed by atoms with Gasteiger partial charge in [0.05, 0.1) is 13.2 Å². The lowest BCUT2D eigenvalue weighted by molar-refractivity contribution is -0.148. The zero-order valence-corrected chi connectivity index (χ0v) is 10.4. The van der Waals surface area contributed by atoms with Gasteiger partial charge in [0.1, 0.15) is 0 Å². The molecule has 1 unspecified atom stereocenters. The third kappa shape index (κ3) is 6.24. The number of methoxy groups -OCH3 is 1. The Morgan fingerprint density at radius 3 is 2.41 bits per heavy atom. The van der Waals surface area contributed by atoms with Gasteiger partial charge in [-0.05, 0) is 32.9 Å². The van der Waals surface area contributed by atoms with Gasteiger partial charge in [-0.1, -0.05) is 0 Å². The number of nitrogens with zero attached hydrogens (tertiary/aromatic N) is 1. The van der Waals surface area contributed by atoms with Gasteiger partial charge >= 0.3 is 6.18 Å². The molecular formula is C11H21F3N2O. The number of ether oxygens (including phenoxy) is 1. The van der Waals surface area contributed by atoms with Crippen molar-refractivity contribution in [1.29, 1.82) is 0 Å². The molecule has 1 aliphatic heterocycles. The van der Waals surface area contributed by atoms with Crippen LogP contribution in [0.4, 0.5) is 13.2 Å². The number of nitrogens with one attached hydrogen (secondary N) is 1. The van der Waals surface area contributed by atoms with Gasteiger partial charge in [0.15, 0.2) is 0 Å². The van der Waals surface area contributed by atoms with E-state index in [0.717, 1.165) is 12.8 Å². The van der Waals surface area contributed by atoms with Gasteiger partial charge < -0.3 is 10.1 Å². The molecular weight excluding hydrogens is 233 g/mol. The number of halogens is 3. The molecule has 0 aromatic carbocycles. The summed E-state index contributed by atoms with van der Waals surface area (Å²) in [7, 11) is 1.64. The first kappa shape index (κ1) is 14.7. The summed E-state index contributed by atoms with van der Waals surface area (Å²) in [6, 6.07) is 0.559. The molecule has 1 heterocycles. The van der Waals surface area contributed by atoms with E-state index in [-0.39, 0.29) is 6.04 Å². The SMILES string of the molecule is COCC(C)NC1CCN(CC(F)(F)F)CC1. The molecule has 1 aliphatic rings. The Morgan fingerprint density at radius 1 is 1.35 bits per heavy atom. The summed E-state index contributed by atoms with van der Waals surface area (Å²) in [5.74, 6) is 0. The minimum atomic E-state index is -4.08. The van der Waals surface area contributed by atoms with Crippen molar-refractivity contribution < 1.29 is 17.9 Å². The lowest BCUT2D eigenvalue weighted by Crippen LogP contribution is -2.48. The van der Waals surface area contributed by atoms with Crippen molar-refractivity contribution in [2.45, 2.75) is 38.0 Å². The number of alkyl halides is 3. The summed E-state index contributed by atoms with van der Waals surface area (Å²) in [4.78, 5) is 1.47. The molecule has 102 valence electrons. The van der Waals surface area contributed by atoms with Crippen LogP contribution in [0.5, 0.6) is 0 Å². The Kier molecular flexibility index (Phi) is 5.69. The van der Waals surface area contributed by atoms with Crippen LogP contribution in [0.3, 0.4) is 0 Å². The molecule has 0 saturated carbocycles. The number of hydrogen-bond donors (Lipinski definition) is 1. The van der Waals surface area contributed by atoms with Crippen molar-refractivity contribution in [2.24, 2.45) is 0 Å². The van der Waals surface area contributed by atoms with Crippen molar-refractivity contribution >= 4 is 0 Å². The Hall–Kier alpha value is -0.330. The van der Waals surface area contributed by atoms with Crippen LogP contribution in [0.15, 0.2) is 0 Å². The Morgan fingerprint density at radius 2 is 1.94 bits per heavy atom. The third-order valence-corrected chi connectivity index (χ3v) is 2.93. The maximum absolute atomic E-state index is 12.2. The normalized spacial score (nSPS) is 21.7. The van der Waals surface area contributed by atoms with Crippen molar-refractivity contribution in [3.8, 4) is 0 Å². The van der Waals surface area contributed by atoms with Crippen molar-refractivity contribution in [1.82, 2.24) is 10.2 Å². The van der Waals surface area contributed by atoms with E-state index in [9.17, 15) is 13.2 Å². The van der Waals surface area contributed by atoms with E-state index in [1.165, 1.54) is 4.90 Å². The Labute approximate surface area is 100 Å². The Balaban J connectivity index is 2.21. The van der Waals surface area contributed by atoms with Gasteiger partial charge in [-0.3, -0.25) is 4.90 Å². The molecule has 1 saturated heterocycles. The molecule has 1 atom stereocenters. The highest BCUT2D eigenvalue weighted by molar-refractivity contribution is 4.80. The average Bonchev–Trinajstić information content (AvgIpc) is 2.19. The molecule has 17 heavy (non-hydrogen) atoms. The van der Waals surface area contributed by atoms with Crippen molar-refractivity contribution in [3.63, 3.8) is 0 Å². The first-order chi connectivity index (χ1) is 7.90. The fourth-order valence-electron chi connectivity index (χ4n) is 2.21. The summed E-state index contributed by atoms with van der Waals surface area (Å²) in [6.07, 6.45) is -2.54. The van der Waals surface area contributed by atoms with Crippen LogP contribution in [0.25, 0.3) is 0 Å². The average molecular weight is 254 g/mol. The molecule has 0 aromatic heterocycles. The predicted octanol–water partition coefficient (Wildman–Crippen LogP) is 1.64. The van der Waals surface area contributed by atoms with E-state index < -0.39 is 12.7 Å². The van der Waals surface area contributed by atoms with Crippen LogP contribution >= 0.6 is 0 Å². The predicted molar refractivity (Wildman–Crippen MR) is 60.0 cm³/mol. The highest BCUT2D eigenvalue weighted by Gasteiger charge is 2.32. The fraction of sp³-hybridized carbons (Fsp3) is 1.00. The lowest BCUT2D eigenvalue weighted by Gasteiger charge is -2.34. The highest BCUT2D eigenvalue weighted by atomic mass is 19.4. The first-order valence-electron chi connectivity index (χ1n) is 5.95. The summed E-state index contributed by atoms with van der Waals surface area (Å²) in [6.45, 7) is 2.88. The van der Waals surface area contributed by atoms with E-state index in [1.54, 1.807) is 7.11 Å². The molecule has 1 fully saturated rings. The quantitative estimate of drug-likeness (QED) is 0.807. The maximum atomic E-state index is 12.2. The minimum absolute atomic E-state index is 0.249. The van der Waals surface area contributed by atoms with E-state index in [2.05, 4.69) is 5.32 Å². The van der Waals surface area contributed by atoms with Crippen molar-refractivity contribution in [3.05, 3.63) is 0 Å². The molecule has 0 aliphatic carbocycles. The first-order valence-corrected chi connectivity index (χ1v) is 5.95. The summed E-state index contributed by atoms with van der Waals surface area (Å²) in [5, 5.41) is 3.37. The standard InChI is InChI=1S/C11H21F3N2O/c1-9(7-17-2)15-10-3-5-16(6-4-10)8-11(12,13)14/h9-10,15H,3-8H2,1-2H3. The van der Waals surface area contributed by atoms with Gasteiger partial charge in [-0.15, -0.1) is 0 Å². The third-order valence-electron chi connectivity index (χ3n) is 2.93. The second-order valence-corrected chi connectivity index (χ2v) is 4.69. The minimum Gasteiger partial charge on any atom is -0.383 e. The Bertz CT molecular complexity index is 215. The van der Waals surface area contributed by atoms with Crippen LogP contribution in [0, 0.1) is 0 Å². The number of rotatable bonds is 5. The number of piperidine rings is 1. The monoisotopic (exact) mass is 254 g/mol. The van der Waals surface area contributed by atoms with E-state index in [4.69, 9.17) is 4.74 Å². The van der Waals surface area contributed by atoms with Gasteiger partial charge in [-0.25, -0.2) is 0 Å². The topological polar surface area (TPSA) is 24.5 Å². The van der Waals surface area contributed by atoms with Crippen LogP contribution < -0.4 is 5.32 Å². The number of hydrogen-bond acceptors (Lipinski definition) is 3. The van der Waals surface area contributed by atoms with Crippen LogP contribution in [0.2, 0.25) is 0 Å². The van der Waals surface area contributed by atoms with Crippen LogP contribution in [-0.2, 0) is 4.74 Å². The number of likely N-dealkylation sites (tertiary alicyclic amines) is 1. The maximum Gasteiger partial charge on any atom is 0.401 e. The van der Waals surface area contributed by atoms with E-state index in [1.807, 2.05) is 6.92 Å². The molecule has 6 heteroatoms. The molecule has 1 rings (SSSR count). The highest BCUT2D eigenvalue weighted by Crippen LogP contribution is 2.19. The second kappa shape index (κ2) is 6.56. The molecule has 0 radical (unpaired) electrons. The summed E-state index contributed by atoms with van der Waals surface area (Å²) < 4.78 is 41.5. The van der Waals surface area contributed by atoms with E-state index in [0.29, 0.717) is 25.7 Å². The second-order valence-electron chi connectivity index (χ2n) is 4.69. The van der Waals surface area contributed by atoms with Gasteiger partial charge in [0.2, 0.25) is 0 Å². The summed E-state index contributed by atoms with van der Waals surface area (Å²) in [5.41, 5.74) is 0. The van der Waals surface area contributed by atoms with Crippen LogP contribution in [-0.4, -0.2) is 56.5 Å². The molecule has 0 bridgehead atoms. The molecule has 0 spiro atoms.